The first-order valence-electron chi connectivity index (χ1n) is 12.1. The molecular formula is C25H29N3O3. The van der Waals surface area contributed by atoms with Crippen molar-refractivity contribution in [3.05, 3.63) is 35.4 Å². The maximum atomic E-state index is 13.6. The Bertz CT molecular complexity index is 1020. The summed E-state index contributed by atoms with van der Waals surface area (Å²) >= 11 is 0. The largest absolute Gasteiger partial charge is 0.378 e. The number of hydrogen-bond acceptors (Lipinski definition) is 5. The highest BCUT2D eigenvalue weighted by Crippen LogP contribution is 2.66. The second-order valence-corrected chi connectivity index (χ2v) is 10.6. The van der Waals surface area contributed by atoms with Crippen LogP contribution in [0.4, 0.5) is 11.4 Å². The van der Waals surface area contributed by atoms with E-state index in [2.05, 4.69) is 39.0 Å². The van der Waals surface area contributed by atoms with Crippen LogP contribution < -0.4 is 9.80 Å². The molecule has 2 bridgehead atoms. The zero-order chi connectivity index (χ0) is 20.3. The average molecular weight is 420 g/mol. The van der Waals surface area contributed by atoms with E-state index in [0.29, 0.717) is 30.9 Å². The number of amides is 1. The molecule has 0 unspecified atom stereocenters. The van der Waals surface area contributed by atoms with E-state index in [9.17, 15) is 4.79 Å². The number of carbonyl (C=O) groups is 1. The SMILES string of the molecule is O=C1C[C@@H]2OCC=C3CN4CC[C@]56c7ccc(N8CCOCC8)cc7N1[C@H]5[C@H]2[C@H]3C[C@H]46. The average Bonchev–Trinajstić information content (AvgIpc) is 3.27. The van der Waals surface area contributed by atoms with E-state index in [-0.39, 0.29) is 23.5 Å². The number of fused-ring (bicyclic) bond motifs is 2. The Hall–Kier alpha value is -1.89. The van der Waals surface area contributed by atoms with Crippen molar-refractivity contribution in [3.8, 4) is 0 Å². The third-order valence-corrected chi connectivity index (χ3v) is 9.67. The minimum Gasteiger partial charge on any atom is -0.378 e. The van der Waals surface area contributed by atoms with Crippen LogP contribution in [0.1, 0.15) is 24.8 Å². The molecule has 1 amide bonds. The van der Waals surface area contributed by atoms with Crippen LogP contribution in [-0.2, 0) is 19.7 Å². The highest BCUT2D eigenvalue weighted by Gasteiger charge is 2.71. The lowest BCUT2D eigenvalue weighted by Crippen LogP contribution is -2.69. The van der Waals surface area contributed by atoms with Gasteiger partial charge >= 0.3 is 0 Å². The third-order valence-electron chi connectivity index (χ3n) is 9.67. The lowest BCUT2D eigenvalue weighted by molar-refractivity contribution is -0.132. The fourth-order valence-electron chi connectivity index (χ4n) is 8.56. The van der Waals surface area contributed by atoms with Crippen LogP contribution in [0.5, 0.6) is 0 Å². The van der Waals surface area contributed by atoms with Gasteiger partial charge in [0.05, 0.1) is 38.4 Å². The minimum absolute atomic E-state index is 0.0745. The number of anilines is 2. The van der Waals surface area contributed by atoms with Gasteiger partial charge in [-0.2, -0.15) is 0 Å². The predicted octanol–water partition coefficient (Wildman–Crippen LogP) is 1.93. The molecule has 5 fully saturated rings. The molecule has 0 N–H and O–H groups in total. The third kappa shape index (κ3) is 2.03. The van der Waals surface area contributed by atoms with Crippen LogP contribution in [0.25, 0.3) is 0 Å². The lowest BCUT2D eigenvalue weighted by atomic mass is 9.53. The van der Waals surface area contributed by atoms with Gasteiger partial charge in [0.1, 0.15) is 0 Å². The van der Waals surface area contributed by atoms with Crippen LogP contribution >= 0.6 is 0 Å². The zero-order valence-corrected chi connectivity index (χ0v) is 17.8. The van der Waals surface area contributed by atoms with E-state index >= 15 is 0 Å². The Kier molecular flexibility index (Phi) is 3.36. The van der Waals surface area contributed by atoms with Crippen molar-refractivity contribution in [2.45, 2.75) is 42.9 Å². The maximum absolute atomic E-state index is 13.6. The summed E-state index contributed by atoms with van der Waals surface area (Å²) in [5.41, 5.74) is 5.53. The summed E-state index contributed by atoms with van der Waals surface area (Å²) in [6, 6.07) is 7.83. The van der Waals surface area contributed by atoms with Gasteiger partial charge in [0.25, 0.3) is 0 Å². The van der Waals surface area contributed by atoms with E-state index in [1.165, 1.54) is 29.8 Å². The van der Waals surface area contributed by atoms with Crippen molar-refractivity contribution >= 4 is 17.3 Å². The Balaban J connectivity index is 1.33. The smallest absolute Gasteiger partial charge is 0.229 e. The molecule has 8 rings (SSSR count). The first-order valence-corrected chi connectivity index (χ1v) is 12.1. The van der Waals surface area contributed by atoms with Crippen LogP contribution in [0.2, 0.25) is 0 Å². The standard InChI is InChI=1S/C25H29N3O3/c29-22-13-20-23-17-12-21-25(4-5-27(21)14-15(17)3-8-31-20)18-2-1-16(26-6-9-30-10-7-26)11-19(18)28(22)24(23)25/h1-3,11,17,20-21,23-24H,4-10,12-14H2/t17-,20-,21-,23-,24-,25+/m0/s1. The molecule has 6 nitrogen and oxygen atoms in total. The number of ether oxygens (including phenoxy) is 2. The number of nitrogens with zero attached hydrogens (tertiary/aromatic N) is 3. The van der Waals surface area contributed by atoms with Crippen molar-refractivity contribution < 1.29 is 14.3 Å². The molecule has 7 aliphatic rings. The highest BCUT2D eigenvalue weighted by atomic mass is 16.5. The van der Waals surface area contributed by atoms with Crippen molar-refractivity contribution in [2.75, 3.05) is 55.8 Å². The van der Waals surface area contributed by atoms with Crippen molar-refractivity contribution in [1.82, 2.24) is 4.90 Å². The first kappa shape index (κ1) is 17.6. The van der Waals surface area contributed by atoms with Gasteiger partial charge in [-0.25, -0.2) is 0 Å². The molecule has 4 saturated heterocycles. The van der Waals surface area contributed by atoms with Gasteiger partial charge < -0.3 is 19.3 Å². The molecule has 1 spiro atoms. The summed E-state index contributed by atoms with van der Waals surface area (Å²) in [7, 11) is 0. The molecule has 31 heavy (non-hydrogen) atoms. The number of carbonyl (C=O) groups excluding carboxylic acids is 1. The predicted molar refractivity (Wildman–Crippen MR) is 116 cm³/mol. The molecule has 1 aromatic rings. The molecule has 6 heterocycles. The molecule has 162 valence electrons. The number of benzene rings is 1. The lowest BCUT2D eigenvalue weighted by Gasteiger charge is -2.58. The van der Waals surface area contributed by atoms with Crippen molar-refractivity contribution in [2.24, 2.45) is 11.8 Å². The van der Waals surface area contributed by atoms with Crippen LogP contribution in [0, 0.1) is 11.8 Å². The highest BCUT2D eigenvalue weighted by molar-refractivity contribution is 6.00. The monoisotopic (exact) mass is 419 g/mol. The normalized spacial score (nSPS) is 42.4. The molecule has 6 atom stereocenters. The van der Waals surface area contributed by atoms with Gasteiger partial charge in [-0.05, 0) is 43.0 Å². The van der Waals surface area contributed by atoms with Gasteiger partial charge in [-0.15, -0.1) is 0 Å². The number of piperidine rings is 2. The van der Waals surface area contributed by atoms with Gasteiger partial charge in [-0.3, -0.25) is 9.69 Å². The quantitative estimate of drug-likeness (QED) is 0.651. The summed E-state index contributed by atoms with van der Waals surface area (Å²) < 4.78 is 11.9. The van der Waals surface area contributed by atoms with Crippen LogP contribution in [0.3, 0.4) is 0 Å². The minimum atomic E-state index is 0.0745. The second-order valence-electron chi connectivity index (χ2n) is 10.6. The van der Waals surface area contributed by atoms with E-state index in [0.717, 1.165) is 39.4 Å². The van der Waals surface area contributed by atoms with Gasteiger partial charge in [0.15, 0.2) is 0 Å². The second kappa shape index (κ2) is 5.91. The number of rotatable bonds is 1. The van der Waals surface area contributed by atoms with Crippen molar-refractivity contribution in [3.63, 3.8) is 0 Å². The topological polar surface area (TPSA) is 45.3 Å². The molecular weight excluding hydrogens is 390 g/mol. The number of hydrogen-bond donors (Lipinski definition) is 0. The fourth-order valence-corrected chi connectivity index (χ4v) is 8.56. The Morgan fingerprint density at radius 2 is 2.03 bits per heavy atom. The molecule has 0 radical (unpaired) electrons. The summed E-state index contributed by atoms with van der Waals surface area (Å²) in [5.74, 6) is 1.28. The maximum Gasteiger partial charge on any atom is 0.229 e. The van der Waals surface area contributed by atoms with Gasteiger partial charge in [0, 0.05) is 48.4 Å². The van der Waals surface area contributed by atoms with E-state index in [4.69, 9.17) is 9.47 Å². The number of morpholine rings is 1. The fraction of sp³-hybridized carbons (Fsp3) is 0.640. The first-order chi connectivity index (χ1) is 15.3. The van der Waals surface area contributed by atoms with E-state index in [1.54, 1.807) is 5.57 Å². The van der Waals surface area contributed by atoms with Crippen LogP contribution in [-0.4, -0.2) is 75.0 Å². The van der Waals surface area contributed by atoms with Crippen molar-refractivity contribution in [1.29, 1.82) is 0 Å². The summed E-state index contributed by atoms with van der Waals surface area (Å²) in [5, 5.41) is 0. The van der Waals surface area contributed by atoms with Gasteiger partial charge in [0.2, 0.25) is 5.91 Å². The zero-order valence-electron chi connectivity index (χ0n) is 17.8. The Morgan fingerprint density at radius 1 is 1.13 bits per heavy atom. The molecule has 6 aliphatic heterocycles. The summed E-state index contributed by atoms with van der Waals surface area (Å²) in [4.78, 5) is 21.0. The van der Waals surface area contributed by atoms with E-state index in [1.807, 2.05) is 0 Å². The molecule has 1 aromatic carbocycles. The molecule has 1 saturated carbocycles. The molecule has 1 aliphatic carbocycles. The summed E-state index contributed by atoms with van der Waals surface area (Å²) in [6.45, 7) is 6.33. The van der Waals surface area contributed by atoms with Gasteiger partial charge in [-0.1, -0.05) is 17.7 Å². The van der Waals surface area contributed by atoms with E-state index < -0.39 is 0 Å². The van der Waals surface area contributed by atoms with Crippen LogP contribution in [0.15, 0.2) is 29.8 Å². The Labute approximate surface area is 182 Å². The Morgan fingerprint density at radius 3 is 2.94 bits per heavy atom. The molecule has 6 heteroatoms. The molecule has 0 aromatic heterocycles. The summed E-state index contributed by atoms with van der Waals surface area (Å²) in [6.07, 6.45) is 5.35.